The van der Waals surface area contributed by atoms with Gasteiger partial charge in [0, 0.05) is 12.6 Å². The van der Waals surface area contributed by atoms with E-state index in [-0.39, 0.29) is 11.8 Å². The Labute approximate surface area is 162 Å². The van der Waals surface area contributed by atoms with Gasteiger partial charge in [-0.15, -0.1) is 0 Å². The number of hydrogen-bond donors (Lipinski definition) is 3. The van der Waals surface area contributed by atoms with E-state index in [1.165, 1.54) is 12.2 Å². The molecule has 0 fully saturated rings. The third-order valence-electron chi connectivity index (χ3n) is 3.63. The molecule has 1 aliphatic rings. The molecule has 0 bridgehead atoms. The summed E-state index contributed by atoms with van der Waals surface area (Å²) in [5, 5.41) is 22.8. The lowest BCUT2D eigenvalue weighted by Crippen LogP contribution is -2.25. The maximum absolute atomic E-state index is 11.8. The van der Waals surface area contributed by atoms with Crippen molar-refractivity contribution in [1.82, 2.24) is 5.32 Å². The Bertz CT molecular complexity index is 690. The predicted molar refractivity (Wildman–Crippen MR) is 112 cm³/mol. The number of nitrogens with one attached hydrogen (secondary N) is 1. The predicted octanol–water partition coefficient (Wildman–Crippen LogP) is 3.31. The third kappa shape index (κ3) is 11.5. The van der Waals surface area contributed by atoms with Gasteiger partial charge in [0.2, 0.25) is 5.91 Å². The zero-order valence-electron chi connectivity index (χ0n) is 15.9. The van der Waals surface area contributed by atoms with Gasteiger partial charge in [-0.1, -0.05) is 97.6 Å². The number of aliphatic hydroxyl groups excluding tert-OH is 2. The molecule has 0 radical (unpaired) electrons. The van der Waals surface area contributed by atoms with Crippen LogP contribution in [0.1, 0.15) is 13.8 Å². The van der Waals surface area contributed by atoms with E-state index in [0.717, 1.165) is 5.57 Å². The van der Waals surface area contributed by atoms with E-state index in [1.807, 2.05) is 56.4 Å². The summed E-state index contributed by atoms with van der Waals surface area (Å²) in [5.74, 6) is 0.0713. The van der Waals surface area contributed by atoms with Gasteiger partial charge in [0.1, 0.15) is 12.2 Å². The van der Waals surface area contributed by atoms with Crippen LogP contribution in [0.25, 0.3) is 0 Å². The number of aliphatic hydroxyl groups is 2. The minimum absolute atomic E-state index is 0.158. The third-order valence-corrected chi connectivity index (χ3v) is 3.63. The summed E-state index contributed by atoms with van der Waals surface area (Å²) in [6, 6.07) is 0. The number of hydrogen-bond acceptors (Lipinski definition) is 3. The number of amides is 1. The number of allylic oxidation sites excluding steroid dienone is 12. The first-order valence-corrected chi connectivity index (χ1v) is 9.01. The molecule has 1 rings (SSSR count). The molecule has 1 heterocycles. The van der Waals surface area contributed by atoms with Crippen LogP contribution in [-0.2, 0) is 4.79 Å². The lowest BCUT2D eigenvalue weighted by molar-refractivity contribution is -0.116. The van der Waals surface area contributed by atoms with Crippen molar-refractivity contribution in [3.63, 3.8) is 0 Å². The van der Waals surface area contributed by atoms with Crippen LogP contribution < -0.4 is 5.32 Å². The van der Waals surface area contributed by atoms with Crippen molar-refractivity contribution in [1.29, 1.82) is 0 Å². The van der Waals surface area contributed by atoms with Crippen molar-refractivity contribution in [3.05, 3.63) is 96.7 Å². The van der Waals surface area contributed by atoms with Gasteiger partial charge >= 0.3 is 0 Å². The van der Waals surface area contributed by atoms with Gasteiger partial charge < -0.3 is 15.5 Å². The standard InChI is InChI=1S/C23H29NO3/c1-19-13-11-12-16-23(27)24-18-20(2)14-9-7-5-3-4-6-8-10-15-21(25)22(26)17-19/h3-17,20-22,25-26H,18H2,1-2H3,(H,24,27)/b4-3+,7-5-,8-6+,13-11?,14-9-,15-10-,16-12-,19-17?/t20-,21+,22+/m0/s1. The molecule has 1 aliphatic heterocycles. The average Bonchev–Trinajstić information content (AvgIpc) is 2.64. The molecule has 1 amide bonds. The molecule has 0 aromatic rings. The Kier molecular flexibility index (Phi) is 11.2. The molecule has 0 aromatic carbocycles. The second kappa shape index (κ2) is 13.5. The first-order valence-electron chi connectivity index (χ1n) is 9.01. The normalized spacial score (nSPS) is 32.7. The van der Waals surface area contributed by atoms with E-state index >= 15 is 0 Å². The Balaban J connectivity index is 2.87. The maximum Gasteiger partial charge on any atom is 0.243 e. The van der Waals surface area contributed by atoms with Gasteiger partial charge in [-0.3, -0.25) is 4.79 Å². The maximum atomic E-state index is 11.8. The van der Waals surface area contributed by atoms with E-state index in [9.17, 15) is 15.0 Å². The lowest BCUT2D eigenvalue weighted by atomic mass is 10.1. The molecule has 3 atom stereocenters. The van der Waals surface area contributed by atoms with Gasteiger partial charge in [-0.2, -0.15) is 0 Å². The average molecular weight is 367 g/mol. The number of carbonyl (C=O) groups excluding carboxylic acids is 1. The molecule has 144 valence electrons. The van der Waals surface area contributed by atoms with Crippen LogP contribution in [0.5, 0.6) is 0 Å². The van der Waals surface area contributed by atoms with E-state index in [2.05, 4.69) is 5.32 Å². The van der Waals surface area contributed by atoms with E-state index < -0.39 is 12.2 Å². The molecule has 0 unspecified atom stereocenters. The highest BCUT2D eigenvalue weighted by molar-refractivity contribution is 5.87. The number of carbonyl (C=O) groups is 1. The zero-order chi connectivity index (χ0) is 19.9. The van der Waals surface area contributed by atoms with Crippen molar-refractivity contribution in [2.75, 3.05) is 6.54 Å². The molecule has 4 nitrogen and oxygen atoms in total. The van der Waals surface area contributed by atoms with Crippen molar-refractivity contribution < 1.29 is 15.0 Å². The second-order valence-electron chi connectivity index (χ2n) is 6.26. The summed E-state index contributed by atoms with van der Waals surface area (Å²) >= 11 is 0. The van der Waals surface area contributed by atoms with E-state index in [4.69, 9.17) is 0 Å². The summed E-state index contributed by atoms with van der Waals surface area (Å²) in [7, 11) is 0. The van der Waals surface area contributed by atoms with Crippen LogP contribution >= 0.6 is 0 Å². The van der Waals surface area contributed by atoms with Crippen LogP contribution in [0.2, 0.25) is 0 Å². The first kappa shape index (κ1) is 22.4. The molecule has 3 N–H and O–H groups in total. The van der Waals surface area contributed by atoms with Crippen LogP contribution in [0.15, 0.2) is 96.7 Å². The number of rotatable bonds is 0. The zero-order valence-corrected chi connectivity index (χ0v) is 15.9. The molecule has 4 heteroatoms. The quantitative estimate of drug-likeness (QED) is 0.615. The van der Waals surface area contributed by atoms with Crippen molar-refractivity contribution >= 4 is 5.91 Å². The molecule has 0 aliphatic carbocycles. The smallest absolute Gasteiger partial charge is 0.243 e. The fraction of sp³-hybridized carbons (Fsp3) is 0.261. The summed E-state index contributed by atoms with van der Waals surface area (Å²) in [6.07, 6.45) is 24.5. The van der Waals surface area contributed by atoms with Gasteiger partial charge in [0.05, 0.1) is 0 Å². The van der Waals surface area contributed by atoms with E-state index in [1.54, 1.807) is 36.5 Å². The second-order valence-corrected chi connectivity index (χ2v) is 6.26. The Morgan fingerprint density at radius 2 is 1.37 bits per heavy atom. The minimum atomic E-state index is -1.00. The lowest BCUT2D eigenvalue weighted by Gasteiger charge is -2.10. The topological polar surface area (TPSA) is 69.6 Å². The fourth-order valence-corrected chi connectivity index (χ4v) is 2.09. The molecule has 0 spiro atoms. The van der Waals surface area contributed by atoms with Gasteiger partial charge in [0.25, 0.3) is 0 Å². The summed E-state index contributed by atoms with van der Waals surface area (Å²) < 4.78 is 0. The minimum Gasteiger partial charge on any atom is -0.386 e. The van der Waals surface area contributed by atoms with Crippen LogP contribution in [-0.4, -0.2) is 34.9 Å². The van der Waals surface area contributed by atoms with E-state index in [0.29, 0.717) is 6.54 Å². The van der Waals surface area contributed by atoms with Crippen LogP contribution in [0, 0.1) is 5.92 Å². The highest BCUT2D eigenvalue weighted by atomic mass is 16.3. The van der Waals surface area contributed by atoms with Crippen LogP contribution in [0.3, 0.4) is 0 Å². The molecule has 27 heavy (non-hydrogen) atoms. The molecular formula is C23H29NO3. The molecule has 0 aromatic heterocycles. The molecule has 0 saturated heterocycles. The SMILES string of the molecule is CC1=C[C@@H](O)[C@H](O)\C=C/C=C/C=C/C=C\C=C/[C@H](C)CNC(=O)/C=C\C=C1. The van der Waals surface area contributed by atoms with Gasteiger partial charge in [-0.25, -0.2) is 0 Å². The van der Waals surface area contributed by atoms with Crippen molar-refractivity contribution in [2.45, 2.75) is 26.1 Å². The largest absolute Gasteiger partial charge is 0.386 e. The summed E-state index contributed by atoms with van der Waals surface area (Å²) in [5.41, 5.74) is 0.783. The van der Waals surface area contributed by atoms with Crippen molar-refractivity contribution in [2.24, 2.45) is 5.92 Å². The summed E-state index contributed by atoms with van der Waals surface area (Å²) in [6.45, 7) is 4.41. The summed E-state index contributed by atoms with van der Waals surface area (Å²) in [4.78, 5) is 11.8. The Morgan fingerprint density at radius 3 is 2.04 bits per heavy atom. The highest BCUT2D eigenvalue weighted by Gasteiger charge is 2.09. The first-order chi connectivity index (χ1) is 13.0. The van der Waals surface area contributed by atoms with Gasteiger partial charge in [-0.05, 0) is 12.8 Å². The fourth-order valence-electron chi connectivity index (χ4n) is 2.09. The molecule has 0 saturated carbocycles. The Hall–Kier alpha value is -2.69. The Morgan fingerprint density at radius 1 is 0.815 bits per heavy atom. The molecular weight excluding hydrogens is 338 g/mol. The van der Waals surface area contributed by atoms with Crippen LogP contribution in [0.4, 0.5) is 0 Å². The van der Waals surface area contributed by atoms with Crippen molar-refractivity contribution in [3.8, 4) is 0 Å². The van der Waals surface area contributed by atoms with Gasteiger partial charge in [0.15, 0.2) is 0 Å². The monoisotopic (exact) mass is 367 g/mol. The highest BCUT2D eigenvalue weighted by Crippen LogP contribution is 2.04.